The summed E-state index contributed by atoms with van der Waals surface area (Å²) in [6.45, 7) is 11.8. The van der Waals surface area contributed by atoms with Gasteiger partial charge in [-0.2, -0.15) is 4.31 Å². The molecule has 222 valence electrons. The van der Waals surface area contributed by atoms with Crippen molar-refractivity contribution in [1.29, 1.82) is 0 Å². The number of carbonyl (C=O) groups excluding carboxylic acids is 2. The van der Waals surface area contributed by atoms with Crippen LogP contribution in [0.2, 0.25) is 0 Å². The molecule has 3 rings (SSSR count). The van der Waals surface area contributed by atoms with Crippen molar-refractivity contribution in [2.24, 2.45) is 0 Å². The average molecular weight is 595 g/mol. The SMILES string of the molecule is CCN(CC)C(=O)c1c(NC(=O)c2ccc(S(=O)(=O)N(CCOC)CCOC)cc2)sc2c1CCN(C(C)C)C2. The number of nitrogens with one attached hydrogen (secondary N) is 1. The number of rotatable bonds is 14. The normalized spacial score (nSPS) is 14.0. The molecule has 0 bridgehead atoms. The van der Waals surface area contributed by atoms with Gasteiger partial charge in [0, 0.05) is 70.0 Å². The average Bonchev–Trinajstić information content (AvgIpc) is 3.30. The number of carbonyl (C=O) groups is 2. The zero-order chi connectivity index (χ0) is 29.4. The van der Waals surface area contributed by atoms with Gasteiger partial charge < -0.3 is 19.7 Å². The lowest BCUT2D eigenvalue weighted by Crippen LogP contribution is -2.36. The first-order valence-corrected chi connectivity index (χ1v) is 15.9. The number of nitrogens with zero attached hydrogens (tertiary/aromatic N) is 3. The third-order valence-corrected chi connectivity index (χ3v) is 10.2. The molecule has 0 fully saturated rings. The van der Waals surface area contributed by atoms with Crippen molar-refractivity contribution in [3.05, 3.63) is 45.8 Å². The largest absolute Gasteiger partial charge is 0.383 e. The first kappa shape index (κ1) is 32.2. The van der Waals surface area contributed by atoms with Gasteiger partial charge in [-0.3, -0.25) is 14.5 Å². The molecule has 0 saturated carbocycles. The van der Waals surface area contributed by atoms with Crippen LogP contribution in [0.3, 0.4) is 0 Å². The van der Waals surface area contributed by atoms with E-state index in [1.807, 2.05) is 13.8 Å². The third-order valence-electron chi connectivity index (χ3n) is 7.15. The molecule has 0 radical (unpaired) electrons. The lowest BCUT2D eigenvalue weighted by molar-refractivity contribution is 0.0772. The molecule has 0 atom stereocenters. The molecule has 2 heterocycles. The standard InChI is InChI=1S/C28H42N4O6S2/c1-7-30(8-2)28(34)25-23-13-14-31(20(3)4)19-24(23)39-27(25)29-26(33)21-9-11-22(12-10-21)40(35,36)32(15-17-37-5)16-18-38-6/h9-12,20H,7-8,13-19H2,1-6H3,(H,29,33). The van der Waals surface area contributed by atoms with Crippen molar-refractivity contribution in [2.45, 2.75) is 51.6 Å². The highest BCUT2D eigenvalue weighted by Gasteiger charge is 2.31. The molecule has 2 amide bonds. The van der Waals surface area contributed by atoms with Crippen LogP contribution in [0.5, 0.6) is 0 Å². The third kappa shape index (κ3) is 7.29. The van der Waals surface area contributed by atoms with Crippen molar-refractivity contribution in [3.63, 3.8) is 0 Å². The molecule has 0 saturated heterocycles. The topological polar surface area (TPSA) is 108 Å². The molecule has 12 heteroatoms. The highest BCUT2D eigenvalue weighted by molar-refractivity contribution is 7.89. The van der Waals surface area contributed by atoms with E-state index in [4.69, 9.17) is 9.47 Å². The van der Waals surface area contributed by atoms with Crippen LogP contribution in [0.1, 0.15) is 58.9 Å². The van der Waals surface area contributed by atoms with Gasteiger partial charge in [0.1, 0.15) is 5.00 Å². The molecule has 1 aliphatic heterocycles. The van der Waals surface area contributed by atoms with E-state index in [2.05, 4.69) is 24.1 Å². The number of amides is 2. The lowest BCUT2D eigenvalue weighted by atomic mass is 10.0. The quantitative estimate of drug-likeness (QED) is 0.357. The molecule has 1 aromatic heterocycles. The lowest BCUT2D eigenvalue weighted by Gasteiger charge is -2.30. The monoisotopic (exact) mass is 594 g/mol. The minimum atomic E-state index is -3.81. The molecule has 0 unspecified atom stereocenters. The van der Waals surface area contributed by atoms with Crippen molar-refractivity contribution in [1.82, 2.24) is 14.1 Å². The Morgan fingerprint density at radius 3 is 2.17 bits per heavy atom. The molecular weight excluding hydrogens is 552 g/mol. The van der Waals surface area contributed by atoms with Gasteiger partial charge in [0.25, 0.3) is 11.8 Å². The van der Waals surface area contributed by atoms with Crippen molar-refractivity contribution in [3.8, 4) is 0 Å². The zero-order valence-electron chi connectivity index (χ0n) is 24.4. The van der Waals surface area contributed by atoms with E-state index in [-0.39, 0.29) is 37.1 Å². The van der Waals surface area contributed by atoms with E-state index in [9.17, 15) is 18.0 Å². The molecule has 40 heavy (non-hydrogen) atoms. The van der Waals surface area contributed by atoms with Crippen molar-refractivity contribution >= 4 is 38.2 Å². The first-order chi connectivity index (χ1) is 19.1. The van der Waals surface area contributed by atoms with Crippen LogP contribution in [0.4, 0.5) is 5.00 Å². The molecule has 1 N–H and O–H groups in total. The maximum atomic E-state index is 13.5. The van der Waals surface area contributed by atoms with E-state index in [1.54, 1.807) is 4.90 Å². The van der Waals surface area contributed by atoms with Gasteiger partial charge in [0.2, 0.25) is 10.0 Å². The Bertz CT molecular complexity index is 1250. The van der Waals surface area contributed by atoms with E-state index in [1.165, 1.54) is 54.1 Å². The van der Waals surface area contributed by atoms with Gasteiger partial charge in [-0.15, -0.1) is 11.3 Å². The van der Waals surface area contributed by atoms with E-state index >= 15 is 0 Å². The number of benzene rings is 1. The number of fused-ring (bicyclic) bond motifs is 1. The van der Waals surface area contributed by atoms with Crippen LogP contribution in [0.25, 0.3) is 0 Å². The maximum absolute atomic E-state index is 13.5. The predicted molar refractivity (Wildman–Crippen MR) is 158 cm³/mol. The van der Waals surface area contributed by atoms with Crippen molar-refractivity contribution in [2.75, 3.05) is 65.5 Å². The summed E-state index contributed by atoms with van der Waals surface area (Å²) in [7, 11) is -0.778. The molecule has 10 nitrogen and oxygen atoms in total. The van der Waals surface area contributed by atoms with Gasteiger partial charge >= 0.3 is 0 Å². The number of ether oxygens (including phenoxy) is 2. The fraction of sp³-hybridized carbons (Fsp3) is 0.571. The fourth-order valence-electron chi connectivity index (χ4n) is 4.69. The summed E-state index contributed by atoms with van der Waals surface area (Å²) >= 11 is 1.45. The Labute approximate surface area is 242 Å². The smallest absolute Gasteiger partial charge is 0.257 e. The summed E-state index contributed by atoms with van der Waals surface area (Å²) in [5.41, 5.74) is 1.89. The second-order valence-corrected chi connectivity index (χ2v) is 12.9. The van der Waals surface area contributed by atoms with Crippen LogP contribution in [0.15, 0.2) is 29.2 Å². The molecule has 0 spiro atoms. The van der Waals surface area contributed by atoms with Gasteiger partial charge in [-0.05, 0) is 63.9 Å². The first-order valence-electron chi connectivity index (χ1n) is 13.7. The molecule has 1 aromatic carbocycles. The number of methoxy groups -OCH3 is 2. The molecule has 0 aliphatic carbocycles. The predicted octanol–water partition coefficient (Wildman–Crippen LogP) is 3.53. The summed E-state index contributed by atoms with van der Waals surface area (Å²) in [6.07, 6.45) is 0.747. The maximum Gasteiger partial charge on any atom is 0.257 e. The number of sulfonamides is 1. The van der Waals surface area contributed by atoms with Gasteiger partial charge in [-0.1, -0.05) is 0 Å². The summed E-state index contributed by atoms with van der Waals surface area (Å²) in [6, 6.07) is 6.22. The number of anilines is 1. The van der Waals surface area contributed by atoms with Crippen molar-refractivity contribution < 1.29 is 27.5 Å². The number of hydrogen-bond acceptors (Lipinski definition) is 8. The van der Waals surface area contributed by atoms with E-state index in [0.29, 0.717) is 35.3 Å². The zero-order valence-corrected chi connectivity index (χ0v) is 26.0. The molecular formula is C28H42N4O6S2. The summed E-state index contributed by atoms with van der Waals surface area (Å²) in [5.74, 6) is -0.475. The van der Waals surface area contributed by atoms with Crippen LogP contribution in [-0.2, 0) is 32.5 Å². The summed E-state index contributed by atoms with van der Waals surface area (Å²) in [4.78, 5) is 32.2. The highest BCUT2D eigenvalue weighted by Crippen LogP contribution is 2.38. The van der Waals surface area contributed by atoms with Gasteiger partial charge in [0.15, 0.2) is 0 Å². The number of thiophene rings is 1. The molecule has 2 aromatic rings. The van der Waals surface area contributed by atoms with Crippen LogP contribution >= 0.6 is 11.3 Å². The van der Waals surface area contributed by atoms with Crippen LogP contribution < -0.4 is 5.32 Å². The summed E-state index contributed by atoms with van der Waals surface area (Å²) < 4.78 is 37.9. The molecule has 1 aliphatic rings. The van der Waals surface area contributed by atoms with Crippen LogP contribution in [-0.4, -0.2) is 101 Å². The Balaban J connectivity index is 1.88. The van der Waals surface area contributed by atoms with E-state index < -0.39 is 15.9 Å². The highest BCUT2D eigenvalue weighted by atomic mass is 32.2. The second-order valence-electron chi connectivity index (χ2n) is 9.87. The minimum Gasteiger partial charge on any atom is -0.383 e. The van der Waals surface area contributed by atoms with E-state index in [0.717, 1.165) is 30.0 Å². The Hall–Kier alpha value is -2.35. The Morgan fingerprint density at radius 2 is 1.65 bits per heavy atom. The minimum absolute atomic E-state index is 0.0778. The number of hydrogen-bond donors (Lipinski definition) is 1. The second kappa shape index (κ2) is 14.5. The van der Waals surface area contributed by atoms with Crippen LogP contribution in [0, 0.1) is 0 Å². The van der Waals surface area contributed by atoms with Gasteiger partial charge in [0.05, 0.1) is 23.7 Å². The van der Waals surface area contributed by atoms with Gasteiger partial charge in [-0.25, -0.2) is 8.42 Å². The summed E-state index contributed by atoms with van der Waals surface area (Å²) in [5, 5.41) is 3.51. The Morgan fingerprint density at radius 1 is 1.05 bits per heavy atom. The fourth-order valence-corrected chi connectivity index (χ4v) is 7.36. The Kier molecular flexibility index (Phi) is 11.7.